The van der Waals surface area contributed by atoms with E-state index in [-0.39, 0.29) is 11.9 Å². The molecule has 0 aliphatic carbocycles. The number of rotatable bonds is 9. The molecule has 0 heterocycles. The molecule has 1 unspecified atom stereocenters. The van der Waals surface area contributed by atoms with Gasteiger partial charge in [0, 0.05) is 5.56 Å². The lowest BCUT2D eigenvalue weighted by molar-refractivity contribution is 0.0936. The third-order valence-electron chi connectivity index (χ3n) is 5.04. The molecular formula is C25H27NO5. The van der Waals surface area contributed by atoms with Gasteiger partial charge in [0.1, 0.15) is 0 Å². The molecular weight excluding hydrogens is 394 g/mol. The topological polar surface area (TPSA) is 66.0 Å². The lowest BCUT2D eigenvalue weighted by Gasteiger charge is -2.21. The molecule has 0 aliphatic rings. The van der Waals surface area contributed by atoms with Gasteiger partial charge in [0.05, 0.1) is 34.5 Å². The summed E-state index contributed by atoms with van der Waals surface area (Å²) in [5, 5.41) is 3.15. The van der Waals surface area contributed by atoms with Crippen molar-refractivity contribution in [1.82, 2.24) is 5.32 Å². The van der Waals surface area contributed by atoms with E-state index in [4.69, 9.17) is 18.9 Å². The molecule has 1 atom stereocenters. The van der Waals surface area contributed by atoms with Crippen molar-refractivity contribution in [2.75, 3.05) is 28.4 Å². The van der Waals surface area contributed by atoms with Crippen LogP contribution in [0.4, 0.5) is 0 Å². The Morgan fingerprint density at radius 2 is 1.32 bits per heavy atom. The Morgan fingerprint density at radius 1 is 0.742 bits per heavy atom. The van der Waals surface area contributed by atoms with Gasteiger partial charge in [-0.1, -0.05) is 30.3 Å². The molecule has 3 aromatic carbocycles. The Balaban J connectivity index is 1.95. The highest BCUT2D eigenvalue weighted by atomic mass is 16.5. The van der Waals surface area contributed by atoms with Crippen molar-refractivity contribution in [3.63, 3.8) is 0 Å². The fraction of sp³-hybridized carbons (Fsp3) is 0.240. The van der Waals surface area contributed by atoms with Gasteiger partial charge in [-0.2, -0.15) is 0 Å². The minimum atomic E-state index is -0.300. The van der Waals surface area contributed by atoms with Gasteiger partial charge in [-0.25, -0.2) is 0 Å². The highest BCUT2D eigenvalue weighted by Crippen LogP contribution is 2.33. The van der Waals surface area contributed by atoms with Crippen molar-refractivity contribution in [1.29, 1.82) is 0 Å². The standard InChI is InChI=1S/C25H27NO5/c1-28-21-12-10-17(15-23(21)30-3)14-20(26-25(27)18-8-6-5-7-9-18)19-11-13-22(29-2)24(16-19)31-4/h5-13,15-16,20H,14H2,1-4H3,(H,26,27). The maximum Gasteiger partial charge on any atom is 0.251 e. The summed E-state index contributed by atoms with van der Waals surface area (Å²) in [6.07, 6.45) is 0.550. The summed E-state index contributed by atoms with van der Waals surface area (Å²) < 4.78 is 21.6. The van der Waals surface area contributed by atoms with E-state index in [1.54, 1.807) is 40.6 Å². The Kier molecular flexibility index (Phi) is 7.38. The lowest BCUT2D eigenvalue weighted by Crippen LogP contribution is -2.30. The number of benzene rings is 3. The van der Waals surface area contributed by atoms with Crippen molar-refractivity contribution in [3.8, 4) is 23.0 Å². The highest BCUT2D eigenvalue weighted by Gasteiger charge is 2.19. The van der Waals surface area contributed by atoms with E-state index in [1.165, 1.54) is 0 Å². The zero-order valence-corrected chi connectivity index (χ0v) is 18.2. The van der Waals surface area contributed by atoms with Gasteiger partial charge in [-0.3, -0.25) is 4.79 Å². The number of amides is 1. The third-order valence-corrected chi connectivity index (χ3v) is 5.04. The number of carbonyl (C=O) groups is 1. The zero-order valence-electron chi connectivity index (χ0n) is 18.2. The van der Waals surface area contributed by atoms with E-state index in [0.29, 0.717) is 35.0 Å². The summed E-state index contributed by atoms with van der Waals surface area (Å²) in [7, 11) is 6.39. The summed E-state index contributed by atoms with van der Waals surface area (Å²) in [5.41, 5.74) is 2.49. The van der Waals surface area contributed by atoms with Gasteiger partial charge >= 0.3 is 0 Å². The first-order valence-electron chi connectivity index (χ1n) is 9.88. The Bertz CT molecular complexity index is 1020. The van der Waals surface area contributed by atoms with Crippen molar-refractivity contribution in [2.45, 2.75) is 12.5 Å². The van der Waals surface area contributed by atoms with E-state index < -0.39 is 0 Å². The second kappa shape index (κ2) is 10.4. The second-order valence-electron chi connectivity index (χ2n) is 6.90. The van der Waals surface area contributed by atoms with Crippen LogP contribution in [0.2, 0.25) is 0 Å². The van der Waals surface area contributed by atoms with E-state index in [9.17, 15) is 4.79 Å². The molecule has 1 N–H and O–H groups in total. The molecule has 0 radical (unpaired) electrons. The van der Waals surface area contributed by atoms with Crippen LogP contribution in [0.3, 0.4) is 0 Å². The van der Waals surface area contributed by atoms with Crippen molar-refractivity contribution in [2.24, 2.45) is 0 Å². The predicted octanol–water partition coefficient (Wildman–Crippen LogP) is 4.43. The fourth-order valence-corrected chi connectivity index (χ4v) is 3.40. The van der Waals surface area contributed by atoms with Crippen molar-refractivity contribution >= 4 is 5.91 Å². The molecule has 6 heteroatoms. The molecule has 6 nitrogen and oxygen atoms in total. The molecule has 0 spiro atoms. The smallest absolute Gasteiger partial charge is 0.251 e. The number of hydrogen-bond acceptors (Lipinski definition) is 5. The van der Waals surface area contributed by atoms with E-state index >= 15 is 0 Å². The molecule has 1 amide bonds. The lowest BCUT2D eigenvalue weighted by atomic mass is 9.97. The summed E-state index contributed by atoms with van der Waals surface area (Å²) >= 11 is 0. The maximum absolute atomic E-state index is 12.9. The van der Waals surface area contributed by atoms with Crippen LogP contribution >= 0.6 is 0 Å². The SMILES string of the molecule is COc1ccc(CC(NC(=O)c2ccccc2)c2ccc(OC)c(OC)c2)cc1OC. The summed E-state index contributed by atoms with van der Waals surface area (Å²) in [6, 6.07) is 20.2. The first-order chi connectivity index (χ1) is 15.1. The molecule has 0 aromatic heterocycles. The first-order valence-corrected chi connectivity index (χ1v) is 9.88. The maximum atomic E-state index is 12.9. The van der Waals surface area contributed by atoms with Crippen LogP contribution in [0.15, 0.2) is 66.7 Å². The average Bonchev–Trinajstić information content (AvgIpc) is 2.83. The minimum absolute atomic E-state index is 0.152. The molecule has 3 rings (SSSR count). The predicted molar refractivity (Wildman–Crippen MR) is 119 cm³/mol. The Labute approximate surface area is 182 Å². The largest absolute Gasteiger partial charge is 0.493 e. The van der Waals surface area contributed by atoms with Crippen LogP contribution in [0.5, 0.6) is 23.0 Å². The van der Waals surface area contributed by atoms with Gasteiger partial charge < -0.3 is 24.3 Å². The fourth-order valence-electron chi connectivity index (χ4n) is 3.40. The number of carbonyl (C=O) groups excluding carboxylic acids is 1. The summed E-state index contributed by atoms with van der Waals surface area (Å²) in [6.45, 7) is 0. The van der Waals surface area contributed by atoms with Crippen LogP contribution in [-0.2, 0) is 6.42 Å². The third kappa shape index (κ3) is 5.28. The van der Waals surface area contributed by atoms with Crippen LogP contribution < -0.4 is 24.3 Å². The normalized spacial score (nSPS) is 11.4. The van der Waals surface area contributed by atoms with Gasteiger partial charge in [0.2, 0.25) is 0 Å². The van der Waals surface area contributed by atoms with Gasteiger partial charge in [0.15, 0.2) is 23.0 Å². The van der Waals surface area contributed by atoms with Crippen molar-refractivity contribution in [3.05, 3.63) is 83.4 Å². The van der Waals surface area contributed by atoms with E-state index in [2.05, 4.69) is 5.32 Å². The number of hydrogen-bond donors (Lipinski definition) is 1. The average molecular weight is 421 g/mol. The zero-order chi connectivity index (χ0) is 22.2. The Morgan fingerprint density at radius 3 is 1.94 bits per heavy atom. The minimum Gasteiger partial charge on any atom is -0.493 e. The van der Waals surface area contributed by atoms with Crippen LogP contribution in [-0.4, -0.2) is 34.3 Å². The van der Waals surface area contributed by atoms with Gasteiger partial charge in [-0.15, -0.1) is 0 Å². The van der Waals surface area contributed by atoms with Gasteiger partial charge in [-0.05, 0) is 53.9 Å². The molecule has 0 aliphatic heterocycles. The van der Waals surface area contributed by atoms with Crippen molar-refractivity contribution < 1.29 is 23.7 Å². The second-order valence-corrected chi connectivity index (χ2v) is 6.90. The number of nitrogens with one attached hydrogen (secondary N) is 1. The number of methoxy groups -OCH3 is 4. The molecule has 31 heavy (non-hydrogen) atoms. The molecule has 0 bridgehead atoms. The molecule has 3 aromatic rings. The quantitative estimate of drug-likeness (QED) is 0.554. The molecule has 0 fully saturated rings. The molecule has 0 saturated carbocycles. The van der Waals surface area contributed by atoms with E-state index in [0.717, 1.165) is 11.1 Å². The molecule has 0 saturated heterocycles. The summed E-state index contributed by atoms with van der Waals surface area (Å²) in [5.74, 6) is 2.38. The number of ether oxygens (including phenoxy) is 4. The monoisotopic (exact) mass is 421 g/mol. The highest BCUT2D eigenvalue weighted by molar-refractivity contribution is 5.94. The van der Waals surface area contributed by atoms with Crippen LogP contribution in [0.1, 0.15) is 27.5 Å². The summed E-state index contributed by atoms with van der Waals surface area (Å²) in [4.78, 5) is 12.9. The van der Waals surface area contributed by atoms with Gasteiger partial charge in [0.25, 0.3) is 5.91 Å². The van der Waals surface area contributed by atoms with Crippen LogP contribution in [0.25, 0.3) is 0 Å². The van der Waals surface area contributed by atoms with E-state index in [1.807, 2.05) is 54.6 Å². The Hall–Kier alpha value is -3.67. The first kappa shape index (κ1) is 22.0. The van der Waals surface area contributed by atoms with Crippen LogP contribution in [0, 0.1) is 0 Å². The molecule has 162 valence electrons.